The molecule has 0 fully saturated rings. The molecule has 4 unspecified atom stereocenters. The molecule has 0 aliphatic carbocycles. The van der Waals surface area contributed by atoms with Crippen molar-refractivity contribution in [3.63, 3.8) is 0 Å². The highest BCUT2D eigenvalue weighted by molar-refractivity contribution is 6.07. The third-order valence-electron chi connectivity index (χ3n) is 6.24. The Labute approximate surface area is 193 Å². The highest BCUT2D eigenvalue weighted by atomic mass is 19.1. The highest BCUT2D eigenvalue weighted by Gasteiger charge is 2.51. The summed E-state index contributed by atoms with van der Waals surface area (Å²) in [6.07, 6.45) is 0. The number of carbonyl (C=O) groups is 1. The van der Waals surface area contributed by atoms with E-state index in [2.05, 4.69) is 5.32 Å². The van der Waals surface area contributed by atoms with Gasteiger partial charge in [0.2, 0.25) is 0 Å². The molecule has 0 saturated heterocycles. The lowest BCUT2D eigenvalue weighted by Gasteiger charge is -2.39. The van der Waals surface area contributed by atoms with Crippen LogP contribution in [0, 0.1) is 11.7 Å². The van der Waals surface area contributed by atoms with Crippen LogP contribution < -0.4 is 5.32 Å². The summed E-state index contributed by atoms with van der Waals surface area (Å²) < 4.78 is 20.0. The van der Waals surface area contributed by atoms with Crippen LogP contribution in [0.5, 0.6) is 0 Å². The Kier molecular flexibility index (Phi) is 5.28. The summed E-state index contributed by atoms with van der Waals surface area (Å²) >= 11 is 0. The average molecular weight is 443 g/mol. The first kappa shape index (κ1) is 21.4. The van der Waals surface area contributed by atoms with Crippen LogP contribution in [-0.4, -0.2) is 23.3 Å². The van der Waals surface area contributed by atoms with Gasteiger partial charge >= 0.3 is 5.97 Å². The molecule has 5 heteroatoms. The summed E-state index contributed by atoms with van der Waals surface area (Å²) in [6.45, 7) is 5.60. The number of esters is 1. The van der Waals surface area contributed by atoms with Gasteiger partial charge in [0.1, 0.15) is 11.4 Å². The number of nitrogens with zero attached hydrogens (tertiary/aromatic N) is 1. The number of nitrogens with one attached hydrogen (secondary N) is 1. The van der Waals surface area contributed by atoms with Gasteiger partial charge in [-0.2, -0.15) is 0 Å². The number of fused-ring (bicyclic) bond motifs is 3. The van der Waals surface area contributed by atoms with Crippen LogP contribution in [0.1, 0.15) is 49.4 Å². The minimum atomic E-state index is -0.677. The molecule has 5 rings (SSSR count). The molecule has 1 N–H and O–H groups in total. The zero-order chi connectivity index (χ0) is 23.2. The molecule has 0 saturated carbocycles. The molecule has 0 radical (unpaired) electrons. The summed E-state index contributed by atoms with van der Waals surface area (Å²) in [4.78, 5) is 18.4. The van der Waals surface area contributed by atoms with Crippen molar-refractivity contribution < 1.29 is 13.9 Å². The van der Waals surface area contributed by atoms with Crippen LogP contribution in [0.2, 0.25) is 0 Å². The number of hydrogen-bond acceptors (Lipinski definition) is 4. The van der Waals surface area contributed by atoms with E-state index in [-0.39, 0.29) is 29.7 Å². The number of ether oxygens (including phenoxy) is 1. The number of hydrogen-bond donors (Lipinski definition) is 1. The number of anilines is 1. The second-order valence-corrected chi connectivity index (χ2v) is 9.67. The lowest BCUT2D eigenvalue weighted by molar-refractivity contribution is -0.156. The molecule has 2 aliphatic rings. The molecule has 0 aromatic heterocycles. The zero-order valence-electron chi connectivity index (χ0n) is 19.0. The Hall–Kier alpha value is -3.47. The predicted octanol–water partition coefficient (Wildman–Crippen LogP) is 5.91. The van der Waals surface area contributed by atoms with Crippen LogP contribution in [-0.2, 0) is 9.53 Å². The summed E-state index contributed by atoms with van der Waals surface area (Å²) in [5, 5.41) is 3.62. The third-order valence-corrected chi connectivity index (χ3v) is 6.24. The lowest BCUT2D eigenvalue weighted by atomic mass is 9.71. The van der Waals surface area contributed by atoms with Crippen molar-refractivity contribution in [2.24, 2.45) is 10.9 Å². The fourth-order valence-corrected chi connectivity index (χ4v) is 5.02. The second kappa shape index (κ2) is 8.14. The molecule has 4 nitrogen and oxygen atoms in total. The van der Waals surface area contributed by atoms with Gasteiger partial charge in [-0.1, -0.05) is 60.7 Å². The van der Waals surface area contributed by atoms with E-state index in [1.165, 1.54) is 6.07 Å². The van der Waals surface area contributed by atoms with Gasteiger partial charge in [-0.05, 0) is 55.7 Å². The molecule has 4 atom stereocenters. The zero-order valence-corrected chi connectivity index (χ0v) is 19.0. The second-order valence-electron chi connectivity index (χ2n) is 9.67. The maximum atomic E-state index is 14.2. The summed E-state index contributed by atoms with van der Waals surface area (Å²) in [5.41, 5.74) is 3.97. The number of rotatable bonds is 3. The van der Waals surface area contributed by atoms with Gasteiger partial charge in [0, 0.05) is 23.2 Å². The smallest absolute Gasteiger partial charge is 0.332 e. The number of benzene rings is 3. The van der Waals surface area contributed by atoms with Gasteiger partial charge in [0.15, 0.2) is 6.04 Å². The number of halogens is 1. The van der Waals surface area contributed by atoms with Gasteiger partial charge in [-0.25, -0.2) is 9.18 Å². The standard InChI is InChI=1S/C28H27FN2O2/c1-28(2,3)33-27(32)26-22-20-14-7-8-15-21(20)30-25(18-12-9-13-19(29)16-18)23(22)24(31-26)17-10-5-4-6-11-17/h4-16,22-23,25-26,30H,1-3H3. The van der Waals surface area contributed by atoms with E-state index in [1.807, 2.05) is 81.4 Å². The third kappa shape index (κ3) is 4.04. The number of carbonyl (C=O) groups excluding carboxylic acids is 1. The van der Waals surface area contributed by atoms with E-state index in [0.29, 0.717) is 0 Å². The fourth-order valence-electron chi connectivity index (χ4n) is 5.02. The first-order valence-corrected chi connectivity index (χ1v) is 11.3. The van der Waals surface area contributed by atoms with Crippen molar-refractivity contribution in [1.82, 2.24) is 0 Å². The van der Waals surface area contributed by atoms with Gasteiger partial charge in [0.05, 0.1) is 6.04 Å². The first-order chi connectivity index (χ1) is 15.8. The largest absolute Gasteiger partial charge is 0.458 e. The monoisotopic (exact) mass is 442 g/mol. The van der Waals surface area contributed by atoms with E-state index in [0.717, 1.165) is 28.1 Å². The number of para-hydroxylation sites is 1. The van der Waals surface area contributed by atoms with Crippen LogP contribution >= 0.6 is 0 Å². The van der Waals surface area contributed by atoms with Crippen LogP contribution in [0.15, 0.2) is 83.9 Å². The molecule has 3 aromatic carbocycles. The van der Waals surface area contributed by atoms with Crippen LogP contribution in [0.25, 0.3) is 0 Å². The van der Waals surface area contributed by atoms with Crippen molar-refractivity contribution in [2.75, 3.05) is 5.32 Å². The Morgan fingerprint density at radius 2 is 1.67 bits per heavy atom. The summed E-state index contributed by atoms with van der Waals surface area (Å²) in [7, 11) is 0. The first-order valence-electron chi connectivity index (χ1n) is 11.3. The Morgan fingerprint density at radius 1 is 0.939 bits per heavy atom. The molecule has 3 aromatic rings. The molecule has 2 aliphatic heterocycles. The number of aliphatic imine (C=N–C) groups is 1. The summed E-state index contributed by atoms with van der Waals surface area (Å²) in [6, 6.07) is 23.6. The highest BCUT2D eigenvalue weighted by Crippen LogP contribution is 2.52. The van der Waals surface area contributed by atoms with Crippen molar-refractivity contribution >= 4 is 17.4 Å². The van der Waals surface area contributed by atoms with Crippen molar-refractivity contribution in [3.8, 4) is 0 Å². The topological polar surface area (TPSA) is 50.7 Å². The van der Waals surface area contributed by atoms with Crippen LogP contribution in [0.4, 0.5) is 10.1 Å². The van der Waals surface area contributed by atoms with E-state index < -0.39 is 11.6 Å². The maximum absolute atomic E-state index is 14.2. The molecule has 2 heterocycles. The quantitative estimate of drug-likeness (QED) is 0.514. The molecule has 0 spiro atoms. The van der Waals surface area contributed by atoms with E-state index >= 15 is 0 Å². The molecule has 0 bridgehead atoms. The van der Waals surface area contributed by atoms with Gasteiger partial charge < -0.3 is 10.1 Å². The van der Waals surface area contributed by atoms with Crippen molar-refractivity contribution in [3.05, 3.63) is 101 Å². The van der Waals surface area contributed by atoms with Crippen molar-refractivity contribution in [1.29, 1.82) is 0 Å². The van der Waals surface area contributed by atoms with Gasteiger partial charge in [-0.15, -0.1) is 0 Å². The Bertz CT molecular complexity index is 1220. The predicted molar refractivity (Wildman–Crippen MR) is 128 cm³/mol. The molecule has 33 heavy (non-hydrogen) atoms. The van der Waals surface area contributed by atoms with E-state index in [9.17, 15) is 9.18 Å². The Balaban J connectivity index is 1.69. The average Bonchev–Trinajstić information content (AvgIpc) is 3.19. The van der Waals surface area contributed by atoms with Crippen LogP contribution in [0.3, 0.4) is 0 Å². The minimum Gasteiger partial charge on any atom is -0.458 e. The fraction of sp³-hybridized carbons (Fsp3) is 0.286. The maximum Gasteiger partial charge on any atom is 0.332 e. The molecule has 0 amide bonds. The van der Waals surface area contributed by atoms with E-state index in [4.69, 9.17) is 9.73 Å². The van der Waals surface area contributed by atoms with Gasteiger partial charge in [0.25, 0.3) is 0 Å². The molecule has 168 valence electrons. The summed E-state index contributed by atoms with van der Waals surface area (Å²) in [5.74, 6) is -1.01. The minimum absolute atomic E-state index is 0.165. The van der Waals surface area contributed by atoms with Gasteiger partial charge in [-0.3, -0.25) is 4.99 Å². The normalized spacial score (nSPS) is 23.7. The molecular formula is C28H27FN2O2. The lowest BCUT2D eigenvalue weighted by Crippen LogP contribution is -2.40. The molecular weight excluding hydrogens is 415 g/mol. The Morgan fingerprint density at radius 3 is 2.39 bits per heavy atom. The van der Waals surface area contributed by atoms with Crippen molar-refractivity contribution in [2.45, 2.75) is 44.4 Å². The SMILES string of the molecule is CC(C)(C)OC(=O)C1N=C(c2ccccc2)C2C(c3cccc(F)c3)Nc3ccccc3C12. The van der Waals surface area contributed by atoms with E-state index in [1.54, 1.807) is 12.1 Å².